The third-order valence-electron chi connectivity index (χ3n) is 2.89. The van der Waals surface area contributed by atoms with E-state index in [1.807, 2.05) is 19.1 Å². The van der Waals surface area contributed by atoms with Gasteiger partial charge in [-0.15, -0.1) is 0 Å². The summed E-state index contributed by atoms with van der Waals surface area (Å²) in [7, 11) is 0. The molecule has 5 heteroatoms. The fourth-order valence-electron chi connectivity index (χ4n) is 1.70. The van der Waals surface area contributed by atoms with Gasteiger partial charge in [-0.1, -0.05) is 33.6 Å². The van der Waals surface area contributed by atoms with E-state index < -0.39 is 11.9 Å². The van der Waals surface area contributed by atoms with Crippen molar-refractivity contribution in [3.8, 4) is 5.75 Å². The zero-order valence-corrected chi connectivity index (χ0v) is 13.3. The molecule has 2 aromatic carbocycles. The minimum absolute atomic E-state index is 0.0461. The predicted octanol–water partition coefficient (Wildman–Crippen LogP) is 4.30. The number of rotatable bonds is 4. The lowest BCUT2D eigenvalue weighted by atomic mass is 10.2. The molecule has 1 N–H and O–H groups in total. The van der Waals surface area contributed by atoms with Crippen LogP contribution < -0.4 is 10.1 Å². The van der Waals surface area contributed by atoms with E-state index in [1.165, 1.54) is 12.1 Å². The van der Waals surface area contributed by atoms with Gasteiger partial charge in [-0.3, -0.25) is 4.79 Å². The maximum atomic E-state index is 13.7. The number of halogens is 2. The quantitative estimate of drug-likeness (QED) is 0.891. The largest absolute Gasteiger partial charge is 0.478 e. The first kappa shape index (κ1) is 15.5. The maximum Gasteiger partial charge on any atom is 0.265 e. The normalized spacial score (nSPS) is 11.8. The van der Waals surface area contributed by atoms with Crippen molar-refractivity contribution in [1.29, 1.82) is 0 Å². The van der Waals surface area contributed by atoms with E-state index in [0.717, 1.165) is 5.56 Å². The fraction of sp³-hybridized carbons (Fsp3) is 0.188. The van der Waals surface area contributed by atoms with Gasteiger partial charge in [-0.25, -0.2) is 4.39 Å². The van der Waals surface area contributed by atoms with Crippen LogP contribution in [0.25, 0.3) is 0 Å². The van der Waals surface area contributed by atoms with E-state index >= 15 is 0 Å². The minimum atomic E-state index is -0.804. The molecule has 1 unspecified atom stereocenters. The second kappa shape index (κ2) is 6.72. The third kappa shape index (κ3) is 4.29. The molecule has 2 aromatic rings. The maximum absolute atomic E-state index is 13.7. The summed E-state index contributed by atoms with van der Waals surface area (Å²) in [4.78, 5) is 12.0. The van der Waals surface area contributed by atoms with Gasteiger partial charge in [0.05, 0.1) is 0 Å². The molecular formula is C16H15BrFNO2. The van der Waals surface area contributed by atoms with E-state index in [4.69, 9.17) is 4.74 Å². The van der Waals surface area contributed by atoms with Crippen LogP contribution in [0.2, 0.25) is 0 Å². The zero-order chi connectivity index (χ0) is 15.4. The summed E-state index contributed by atoms with van der Waals surface area (Å²) in [5.74, 6) is -0.801. The van der Waals surface area contributed by atoms with E-state index in [2.05, 4.69) is 21.2 Å². The molecule has 3 nitrogen and oxygen atoms in total. The van der Waals surface area contributed by atoms with Gasteiger partial charge in [0, 0.05) is 10.2 Å². The lowest BCUT2D eigenvalue weighted by Gasteiger charge is -2.15. The van der Waals surface area contributed by atoms with E-state index in [1.54, 1.807) is 25.1 Å². The van der Waals surface area contributed by atoms with Crippen molar-refractivity contribution in [2.75, 3.05) is 5.32 Å². The van der Waals surface area contributed by atoms with E-state index in [-0.39, 0.29) is 11.7 Å². The van der Waals surface area contributed by atoms with Crippen molar-refractivity contribution in [2.24, 2.45) is 0 Å². The first-order valence-corrected chi connectivity index (χ1v) is 7.24. The van der Waals surface area contributed by atoms with Gasteiger partial charge >= 0.3 is 0 Å². The minimum Gasteiger partial charge on any atom is -0.478 e. The number of ether oxygens (including phenoxy) is 1. The standard InChI is InChI=1S/C16H15BrFNO2/c1-10-3-6-13(7-4-10)19-16(20)11(2)21-15-8-5-12(17)9-14(15)18/h3-9,11H,1-2H3,(H,19,20). The van der Waals surface area contributed by atoms with Gasteiger partial charge in [0.2, 0.25) is 0 Å². The summed E-state index contributed by atoms with van der Waals surface area (Å²) in [5, 5.41) is 2.72. The van der Waals surface area contributed by atoms with Crippen LogP contribution in [0.3, 0.4) is 0 Å². The Labute approximate surface area is 131 Å². The van der Waals surface area contributed by atoms with Crippen LogP contribution in [-0.4, -0.2) is 12.0 Å². The van der Waals surface area contributed by atoms with Crippen molar-refractivity contribution >= 4 is 27.5 Å². The highest BCUT2D eigenvalue weighted by molar-refractivity contribution is 9.10. The Balaban J connectivity index is 2.00. The highest BCUT2D eigenvalue weighted by Gasteiger charge is 2.16. The monoisotopic (exact) mass is 351 g/mol. The summed E-state index contributed by atoms with van der Waals surface area (Å²) in [5.41, 5.74) is 1.78. The van der Waals surface area contributed by atoms with Crippen LogP contribution in [0, 0.1) is 12.7 Å². The zero-order valence-electron chi connectivity index (χ0n) is 11.7. The molecule has 0 bridgehead atoms. The van der Waals surface area contributed by atoms with Crippen LogP contribution in [0.15, 0.2) is 46.9 Å². The number of hydrogen-bond acceptors (Lipinski definition) is 2. The molecule has 0 saturated carbocycles. The topological polar surface area (TPSA) is 38.3 Å². The second-order valence-corrected chi connectivity index (χ2v) is 5.61. The van der Waals surface area contributed by atoms with E-state index in [0.29, 0.717) is 10.2 Å². The Hall–Kier alpha value is -1.88. The number of carbonyl (C=O) groups is 1. The number of hydrogen-bond donors (Lipinski definition) is 1. The molecule has 0 aromatic heterocycles. The van der Waals surface area contributed by atoms with Gasteiger partial charge in [0.1, 0.15) is 0 Å². The van der Waals surface area contributed by atoms with Crippen molar-refractivity contribution < 1.29 is 13.9 Å². The molecule has 0 aliphatic carbocycles. The SMILES string of the molecule is Cc1ccc(NC(=O)C(C)Oc2ccc(Br)cc2F)cc1. The van der Waals surface area contributed by atoms with Crippen molar-refractivity contribution in [3.05, 3.63) is 58.3 Å². The number of benzene rings is 2. The fourth-order valence-corrected chi connectivity index (χ4v) is 2.03. The number of nitrogens with one attached hydrogen (secondary N) is 1. The summed E-state index contributed by atoms with van der Waals surface area (Å²) >= 11 is 3.17. The van der Waals surface area contributed by atoms with Gasteiger partial charge in [0.15, 0.2) is 17.7 Å². The molecule has 110 valence electrons. The van der Waals surface area contributed by atoms with E-state index in [9.17, 15) is 9.18 Å². The highest BCUT2D eigenvalue weighted by atomic mass is 79.9. The summed E-state index contributed by atoms with van der Waals surface area (Å²) in [6.45, 7) is 3.54. The van der Waals surface area contributed by atoms with Crippen LogP contribution in [-0.2, 0) is 4.79 Å². The Morgan fingerprint density at radius 2 is 1.90 bits per heavy atom. The first-order valence-electron chi connectivity index (χ1n) is 6.45. The van der Waals surface area contributed by atoms with Crippen LogP contribution in [0.1, 0.15) is 12.5 Å². The predicted molar refractivity (Wildman–Crippen MR) is 84.0 cm³/mol. The molecule has 21 heavy (non-hydrogen) atoms. The average molecular weight is 352 g/mol. The molecule has 2 rings (SSSR count). The molecule has 1 amide bonds. The van der Waals surface area contributed by atoms with Crippen molar-refractivity contribution in [2.45, 2.75) is 20.0 Å². The molecule has 0 aliphatic rings. The lowest BCUT2D eigenvalue weighted by Crippen LogP contribution is -2.30. The highest BCUT2D eigenvalue weighted by Crippen LogP contribution is 2.22. The number of anilines is 1. The van der Waals surface area contributed by atoms with Gasteiger partial charge in [-0.05, 0) is 44.2 Å². The summed E-state index contributed by atoms with van der Waals surface area (Å²) in [6.07, 6.45) is -0.804. The molecule has 0 radical (unpaired) electrons. The smallest absolute Gasteiger partial charge is 0.265 e. The summed E-state index contributed by atoms with van der Waals surface area (Å²) < 4.78 is 19.6. The number of carbonyl (C=O) groups excluding carboxylic acids is 1. The molecule has 0 heterocycles. The number of amides is 1. The Morgan fingerprint density at radius 3 is 2.52 bits per heavy atom. The van der Waals surface area contributed by atoms with Crippen molar-refractivity contribution in [3.63, 3.8) is 0 Å². The Kier molecular flexibility index (Phi) is 4.96. The van der Waals surface area contributed by atoms with Gasteiger partial charge < -0.3 is 10.1 Å². The Bertz CT molecular complexity index is 643. The van der Waals surface area contributed by atoms with Gasteiger partial charge in [0.25, 0.3) is 5.91 Å². The third-order valence-corrected chi connectivity index (χ3v) is 3.38. The summed E-state index contributed by atoms with van der Waals surface area (Å²) in [6, 6.07) is 11.8. The van der Waals surface area contributed by atoms with Crippen LogP contribution in [0.4, 0.5) is 10.1 Å². The molecule has 0 aliphatic heterocycles. The van der Waals surface area contributed by atoms with Crippen LogP contribution >= 0.6 is 15.9 Å². The molecular weight excluding hydrogens is 337 g/mol. The lowest BCUT2D eigenvalue weighted by molar-refractivity contribution is -0.122. The molecule has 0 spiro atoms. The average Bonchev–Trinajstić information content (AvgIpc) is 2.44. The molecule has 1 atom stereocenters. The van der Waals surface area contributed by atoms with Crippen LogP contribution in [0.5, 0.6) is 5.75 Å². The molecule has 0 fully saturated rings. The Morgan fingerprint density at radius 1 is 1.24 bits per heavy atom. The second-order valence-electron chi connectivity index (χ2n) is 4.69. The van der Waals surface area contributed by atoms with Gasteiger partial charge in [-0.2, -0.15) is 0 Å². The first-order chi connectivity index (χ1) is 9.95. The molecule has 0 saturated heterocycles. The van der Waals surface area contributed by atoms with Crippen molar-refractivity contribution in [1.82, 2.24) is 0 Å². The number of aryl methyl sites for hydroxylation is 1.